The summed E-state index contributed by atoms with van der Waals surface area (Å²) >= 11 is 0. The number of hydrogen-bond acceptors (Lipinski definition) is 1. The highest BCUT2D eigenvalue weighted by Crippen LogP contribution is 2.17. The van der Waals surface area contributed by atoms with Crippen LogP contribution in [0.3, 0.4) is 0 Å². The van der Waals surface area contributed by atoms with Crippen molar-refractivity contribution in [3.05, 3.63) is 24.0 Å². The summed E-state index contributed by atoms with van der Waals surface area (Å²) in [5.74, 6) is 0. The number of carbonyl (C=O) groups is 1. The molecule has 0 aromatic carbocycles. The molecule has 0 unspecified atom stereocenters. The minimum absolute atomic E-state index is 0.0255. The SMILES string of the molecule is O=C(NCCc1cc[nH]c1)NC1CCCC1. The minimum Gasteiger partial charge on any atom is -0.367 e. The fourth-order valence-electron chi connectivity index (χ4n) is 2.14. The second kappa shape index (κ2) is 5.58. The van der Waals surface area contributed by atoms with Crippen molar-refractivity contribution in [2.75, 3.05) is 6.54 Å². The predicted molar refractivity (Wildman–Crippen MR) is 63.3 cm³/mol. The topological polar surface area (TPSA) is 56.9 Å². The number of H-pyrrole nitrogens is 1. The number of urea groups is 1. The highest BCUT2D eigenvalue weighted by Gasteiger charge is 2.16. The smallest absolute Gasteiger partial charge is 0.315 e. The number of aromatic amines is 1. The summed E-state index contributed by atoms with van der Waals surface area (Å²) in [6, 6.07) is 2.39. The van der Waals surface area contributed by atoms with E-state index in [1.807, 2.05) is 18.5 Å². The minimum atomic E-state index is -0.0255. The van der Waals surface area contributed by atoms with E-state index < -0.39 is 0 Å². The van der Waals surface area contributed by atoms with Gasteiger partial charge in [0.2, 0.25) is 0 Å². The Balaban J connectivity index is 1.60. The Hall–Kier alpha value is -1.45. The molecule has 0 radical (unpaired) electrons. The number of amides is 2. The van der Waals surface area contributed by atoms with Crippen LogP contribution in [0.4, 0.5) is 4.79 Å². The number of aromatic nitrogens is 1. The zero-order chi connectivity index (χ0) is 11.2. The largest absolute Gasteiger partial charge is 0.367 e. The highest BCUT2D eigenvalue weighted by molar-refractivity contribution is 5.74. The van der Waals surface area contributed by atoms with Crippen LogP contribution in [0.15, 0.2) is 18.5 Å². The monoisotopic (exact) mass is 221 g/mol. The van der Waals surface area contributed by atoms with Gasteiger partial charge in [-0.3, -0.25) is 0 Å². The van der Waals surface area contributed by atoms with Gasteiger partial charge in [0.25, 0.3) is 0 Å². The lowest BCUT2D eigenvalue weighted by Crippen LogP contribution is -2.41. The molecular weight excluding hydrogens is 202 g/mol. The Morgan fingerprint density at radius 1 is 1.44 bits per heavy atom. The standard InChI is InChI=1S/C12H19N3O/c16-12(15-11-3-1-2-4-11)14-8-6-10-5-7-13-9-10/h5,7,9,11,13H,1-4,6,8H2,(H2,14,15,16). The number of rotatable bonds is 4. The fraction of sp³-hybridized carbons (Fsp3) is 0.583. The van der Waals surface area contributed by atoms with Gasteiger partial charge in [-0.15, -0.1) is 0 Å². The Bertz CT molecular complexity index is 315. The van der Waals surface area contributed by atoms with Gasteiger partial charge in [-0.05, 0) is 30.9 Å². The van der Waals surface area contributed by atoms with E-state index in [-0.39, 0.29) is 6.03 Å². The van der Waals surface area contributed by atoms with Gasteiger partial charge in [0.1, 0.15) is 0 Å². The molecular formula is C12H19N3O. The summed E-state index contributed by atoms with van der Waals surface area (Å²) in [7, 11) is 0. The van der Waals surface area contributed by atoms with Gasteiger partial charge >= 0.3 is 6.03 Å². The maximum absolute atomic E-state index is 11.5. The first-order valence-corrected chi connectivity index (χ1v) is 6.00. The predicted octanol–water partition coefficient (Wildman–Crippen LogP) is 1.80. The molecule has 1 heterocycles. The average Bonchev–Trinajstić information content (AvgIpc) is 2.90. The summed E-state index contributed by atoms with van der Waals surface area (Å²) in [6.45, 7) is 0.691. The molecule has 0 aliphatic heterocycles. The normalized spacial score (nSPS) is 16.2. The summed E-state index contributed by atoms with van der Waals surface area (Å²) in [6.07, 6.45) is 9.48. The second-order valence-electron chi connectivity index (χ2n) is 4.35. The molecule has 2 amide bonds. The first kappa shape index (κ1) is 11.0. The molecule has 1 aliphatic carbocycles. The van der Waals surface area contributed by atoms with Crippen LogP contribution in [-0.2, 0) is 6.42 Å². The lowest BCUT2D eigenvalue weighted by atomic mass is 10.2. The molecule has 2 rings (SSSR count). The zero-order valence-electron chi connectivity index (χ0n) is 9.46. The molecule has 4 heteroatoms. The molecule has 0 saturated heterocycles. The lowest BCUT2D eigenvalue weighted by molar-refractivity contribution is 0.237. The van der Waals surface area contributed by atoms with Gasteiger partial charge in [-0.1, -0.05) is 12.8 Å². The van der Waals surface area contributed by atoms with Crippen molar-refractivity contribution in [2.45, 2.75) is 38.1 Å². The lowest BCUT2D eigenvalue weighted by Gasteiger charge is -2.12. The van der Waals surface area contributed by atoms with Crippen LogP contribution < -0.4 is 10.6 Å². The van der Waals surface area contributed by atoms with Crippen LogP contribution in [0.2, 0.25) is 0 Å². The Labute approximate surface area is 95.8 Å². The van der Waals surface area contributed by atoms with Gasteiger partial charge in [-0.25, -0.2) is 4.79 Å². The fourth-order valence-corrected chi connectivity index (χ4v) is 2.14. The van der Waals surface area contributed by atoms with E-state index in [0.29, 0.717) is 12.6 Å². The Morgan fingerprint density at radius 2 is 2.25 bits per heavy atom. The van der Waals surface area contributed by atoms with E-state index in [1.165, 1.54) is 18.4 Å². The molecule has 1 fully saturated rings. The van der Waals surface area contributed by atoms with Gasteiger partial charge < -0.3 is 15.6 Å². The van der Waals surface area contributed by atoms with E-state index in [9.17, 15) is 4.79 Å². The van der Waals surface area contributed by atoms with Crippen LogP contribution >= 0.6 is 0 Å². The first-order valence-electron chi connectivity index (χ1n) is 6.00. The summed E-state index contributed by atoms with van der Waals surface area (Å²) in [5, 5.41) is 5.88. The van der Waals surface area contributed by atoms with Crippen LogP contribution in [-0.4, -0.2) is 23.6 Å². The third-order valence-electron chi connectivity index (χ3n) is 3.05. The van der Waals surface area contributed by atoms with Gasteiger partial charge in [-0.2, -0.15) is 0 Å². The molecule has 3 N–H and O–H groups in total. The average molecular weight is 221 g/mol. The third kappa shape index (κ3) is 3.29. The van der Waals surface area contributed by atoms with Crippen LogP contribution in [0.1, 0.15) is 31.2 Å². The van der Waals surface area contributed by atoms with E-state index in [0.717, 1.165) is 19.3 Å². The number of carbonyl (C=O) groups excluding carboxylic acids is 1. The van der Waals surface area contributed by atoms with E-state index in [1.54, 1.807) is 0 Å². The van der Waals surface area contributed by atoms with Crippen molar-refractivity contribution in [3.8, 4) is 0 Å². The van der Waals surface area contributed by atoms with Crippen molar-refractivity contribution < 1.29 is 4.79 Å². The Kier molecular flexibility index (Phi) is 3.86. The Morgan fingerprint density at radius 3 is 2.94 bits per heavy atom. The summed E-state index contributed by atoms with van der Waals surface area (Å²) in [5.41, 5.74) is 1.22. The third-order valence-corrected chi connectivity index (χ3v) is 3.05. The van der Waals surface area contributed by atoms with Crippen LogP contribution in [0, 0.1) is 0 Å². The van der Waals surface area contributed by atoms with Crippen LogP contribution in [0.5, 0.6) is 0 Å². The number of hydrogen-bond donors (Lipinski definition) is 3. The van der Waals surface area contributed by atoms with Gasteiger partial charge in [0.15, 0.2) is 0 Å². The van der Waals surface area contributed by atoms with Crippen molar-refractivity contribution in [1.82, 2.24) is 15.6 Å². The molecule has 16 heavy (non-hydrogen) atoms. The highest BCUT2D eigenvalue weighted by atomic mass is 16.2. The summed E-state index contributed by atoms with van der Waals surface area (Å²) < 4.78 is 0. The molecule has 4 nitrogen and oxygen atoms in total. The maximum atomic E-state index is 11.5. The van der Waals surface area contributed by atoms with Crippen LogP contribution in [0.25, 0.3) is 0 Å². The first-order chi connectivity index (χ1) is 7.84. The van der Waals surface area contributed by atoms with Crippen molar-refractivity contribution in [1.29, 1.82) is 0 Å². The summed E-state index contributed by atoms with van der Waals surface area (Å²) in [4.78, 5) is 14.5. The number of nitrogens with one attached hydrogen (secondary N) is 3. The maximum Gasteiger partial charge on any atom is 0.315 e. The van der Waals surface area contributed by atoms with E-state index in [4.69, 9.17) is 0 Å². The molecule has 88 valence electrons. The van der Waals surface area contributed by atoms with Gasteiger partial charge in [0.05, 0.1) is 0 Å². The zero-order valence-corrected chi connectivity index (χ0v) is 9.46. The van der Waals surface area contributed by atoms with Gasteiger partial charge in [0, 0.05) is 25.0 Å². The molecule has 1 aliphatic rings. The molecule has 1 aromatic rings. The van der Waals surface area contributed by atoms with E-state index in [2.05, 4.69) is 15.6 Å². The van der Waals surface area contributed by atoms with E-state index >= 15 is 0 Å². The second-order valence-corrected chi connectivity index (χ2v) is 4.35. The molecule has 0 spiro atoms. The molecule has 1 aromatic heterocycles. The molecule has 0 atom stereocenters. The molecule has 0 bridgehead atoms. The quantitative estimate of drug-likeness (QED) is 0.713. The molecule has 1 saturated carbocycles. The van der Waals surface area contributed by atoms with Crippen molar-refractivity contribution in [2.24, 2.45) is 0 Å². The van der Waals surface area contributed by atoms with Crippen molar-refractivity contribution in [3.63, 3.8) is 0 Å². The van der Waals surface area contributed by atoms with Crippen molar-refractivity contribution >= 4 is 6.03 Å².